The number of aryl methyl sites for hydroxylation is 1. The number of hydrogen-bond donors (Lipinski definition) is 1. The van der Waals surface area contributed by atoms with Crippen LogP contribution in [0, 0.1) is 5.82 Å². The van der Waals surface area contributed by atoms with Crippen LogP contribution in [0.4, 0.5) is 24.7 Å². The fourth-order valence-electron chi connectivity index (χ4n) is 5.02. The average molecular weight is 503 g/mol. The topological polar surface area (TPSA) is 77.2 Å². The normalized spacial score (nSPS) is 16.4. The number of ether oxygens (including phenoxy) is 1. The molecule has 1 N–H and O–H groups in total. The van der Waals surface area contributed by atoms with Crippen LogP contribution < -0.4 is 5.32 Å². The van der Waals surface area contributed by atoms with Crippen LogP contribution in [0.3, 0.4) is 0 Å². The first-order chi connectivity index (χ1) is 17.4. The zero-order valence-electron chi connectivity index (χ0n) is 20.3. The summed E-state index contributed by atoms with van der Waals surface area (Å²) in [6.07, 6.45) is 2.79. The molecule has 0 saturated carbocycles. The van der Waals surface area contributed by atoms with Crippen molar-refractivity contribution in [1.29, 1.82) is 0 Å². The highest BCUT2D eigenvalue weighted by Gasteiger charge is 2.31. The third kappa shape index (κ3) is 4.59. The van der Waals surface area contributed by atoms with E-state index in [2.05, 4.69) is 10.4 Å². The summed E-state index contributed by atoms with van der Waals surface area (Å²) in [7, 11) is 1.67. The Kier molecular flexibility index (Phi) is 6.74. The lowest BCUT2D eigenvalue weighted by Crippen LogP contribution is -2.36. The lowest BCUT2D eigenvalue weighted by atomic mass is 10.0. The van der Waals surface area contributed by atoms with Gasteiger partial charge in [-0.15, -0.1) is 0 Å². The number of rotatable bonds is 6. The second-order valence-electron chi connectivity index (χ2n) is 9.23. The lowest BCUT2D eigenvalue weighted by molar-refractivity contribution is -0.131. The molecular weight excluding hydrogens is 473 g/mol. The van der Waals surface area contributed by atoms with Crippen LogP contribution in [0.15, 0.2) is 24.5 Å². The van der Waals surface area contributed by atoms with E-state index in [-0.39, 0.29) is 28.8 Å². The summed E-state index contributed by atoms with van der Waals surface area (Å²) in [6, 6.07) is 2.38. The first-order valence-electron chi connectivity index (χ1n) is 12.2. The maximum absolute atomic E-state index is 15.3. The predicted molar refractivity (Wildman–Crippen MR) is 128 cm³/mol. The molecule has 192 valence electrons. The molecule has 5 rings (SSSR count). The second kappa shape index (κ2) is 9.96. The van der Waals surface area contributed by atoms with Gasteiger partial charge in [0.1, 0.15) is 5.82 Å². The molecule has 0 unspecified atom stereocenters. The van der Waals surface area contributed by atoms with Crippen LogP contribution in [0.2, 0.25) is 0 Å². The number of benzene rings is 1. The van der Waals surface area contributed by atoms with Gasteiger partial charge in [0.05, 0.1) is 24.5 Å². The highest BCUT2D eigenvalue weighted by Crippen LogP contribution is 2.38. The number of alkyl halides is 2. The number of carbonyl (C=O) groups excluding carboxylic acids is 1. The number of amides is 1. The molecule has 4 heterocycles. The Morgan fingerprint density at radius 1 is 1.28 bits per heavy atom. The number of halogens is 3. The quantitative estimate of drug-likeness (QED) is 0.527. The Balaban J connectivity index is 1.54. The number of hydrogen-bond acceptors (Lipinski definition) is 5. The van der Waals surface area contributed by atoms with E-state index in [1.807, 2.05) is 11.6 Å². The third-order valence-corrected chi connectivity index (χ3v) is 6.92. The number of nitrogens with one attached hydrogen (secondary N) is 1. The molecule has 2 aliphatic heterocycles. The van der Waals surface area contributed by atoms with E-state index in [0.29, 0.717) is 50.5 Å². The maximum Gasteiger partial charge on any atom is 0.264 e. The Bertz CT molecular complexity index is 1260. The van der Waals surface area contributed by atoms with Gasteiger partial charge in [0.25, 0.3) is 6.43 Å². The summed E-state index contributed by atoms with van der Waals surface area (Å²) >= 11 is 0. The molecule has 1 fully saturated rings. The minimum atomic E-state index is -2.81. The highest BCUT2D eigenvalue weighted by molar-refractivity contribution is 5.77. The van der Waals surface area contributed by atoms with Gasteiger partial charge in [-0.05, 0) is 30.5 Å². The molecule has 1 saturated heterocycles. The van der Waals surface area contributed by atoms with Crippen molar-refractivity contribution in [2.24, 2.45) is 7.05 Å². The molecule has 0 spiro atoms. The fraction of sp³-hybridized carbons (Fsp3) is 0.480. The Morgan fingerprint density at radius 3 is 2.72 bits per heavy atom. The van der Waals surface area contributed by atoms with Crippen LogP contribution >= 0.6 is 0 Å². The van der Waals surface area contributed by atoms with Crippen LogP contribution in [-0.2, 0) is 29.5 Å². The first kappa shape index (κ1) is 24.4. The van der Waals surface area contributed by atoms with E-state index >= 15 is 4.39 Å². The van der Waals surface area contributed by atoms with Gasteiger partial charge in [-0.25, -0.2) is 13.2 Å². The number of aromatic nitrogens is 4. The molecule has 0 aliphatic carbocycles. The standard InChI is InChI=1S/C25H29F3N6O2/c1-3-23(35)33-7-4-22-19(14-33)25(31-34(22)16-5-8-36-9-6-16)30-21-11-18(24(27)28)17(10-20(21)26)15-12-29-32(2)13-15/h10-13,16,24H,3-9,14H2,1-2H3,(H,30,31). The highest BCUT2D eigenvalue weighted by atomic mass is 19.3. The largest absolute Gasteiger partial charge is 0.381 e. The number of fused-ring (bicyclic) bond motifs is 1. The summed E-state index contributed by atoms with van der Waals surface area (Å²) in [5.74, 6) is -0.263. The zero-order chi connectivity index (χ0) is 25.4. The van der Waals surface area contributed by atoms with E-state index in [1.165, 1.54) is 10.9 Å². The van der Waals surface area contributed by atoms with E-state index in [1.54, 1.807) is 18.1 Å². The summed E-state index contributed by atoms with van der Waals surface area (Å²) in [4.78, 5) is 14.2. The van der Waals surface area contributed by atoms with Gasteiger partial charge in [-0.2, -0.15) is 10.2 Å². The summed E-state index contributed by atoms with van der Waals surface area (Å²) in [6.45, 7) is 3.99. The van der Waals surface area contributed by atoms with E-state index in [9.17, 15) is 13.6 Å². The van der Waals surface area contributed by atoms with Crippen molar-refractivity contribution < 1.29 is 22.7 Å². The molecule has 0 radical (unpaired) electrons. The lowest BCUT2D eigenvalue weighted by Gasteiger charge is -2.30. The minimum absolute atomic E-state index is 0.0254. The van der Waals surface area contributed by atoms with Crippen LogP contribution in [0.25, 0.3) is 11.1 Å². The van der Waals surface area contributed by atoms with E-state index in [0.717, 1.165) is 36.2 Å². The van der Waals surface area contributed by atoms with Crippen molar-refractivity contribution >= 4 is 17.4 Å². The fourth-order valence-corrected chi connectivity index (χ4v) is 5.02. The monoisotopic (exact) mass is 502 g/mol. The molecule has 3 aromatic rings. The zero-order valence-corrected chi connectivity index (χ0v) is 20.3. The van der Waals surface area contributed by atoms with Crippen LogP contribution in [0.1, 0.15) is 55.5 Å². The van der Waals surface area contributed by atoms with Crippen molar-refractivity contribution in [2.75, 3.05) is 25.1 Å². The smallest absolute Gasteiger partial charge is 0.264 e. The van der Waals surface area contributed by atoms with Gasteiger partial charge >= 0.3 is 0 Å². The van der Waals surface area contributed by atoms with Crippen LogP contribution in [0.5, 0.6) is 0 Å². The molecule has 0 bridgehead atoms. The summed E-state index contributed by atoms with van der Waals surface area (Å²) in [5.41, 5.74) is 1.91. The van der Waals surface area contributed by atoms with E-state index in [4.69, 9.17) is 9.84 Å². The molecule has 8 nitrogen and oxygen atoms in total. The maximum atomic E-state index is 15.3. The Hall–Kier alpha value is -3.34. The first-order valence-corrected chi connectivity index (χ1v) is 12.2. The number of anilines is 2. The Morgan fingerprint density at radius 2 is 2.06 bits per heavy atom. The van der Waals surface area contributed by atoms with Crippen molar-refractivity contribution in [2.45, 2.75) is 51.6 Å². The Labute approximate surface area is 207 Å². The van der Waals surface area contributed by atoms with Crippen molar-refractivity contribution in [1.82, 2.24) is 24.5 Å². The minimum Gasteiger partial charge on any atom is -0.381 e. The van der Waals surface area contributed by atoms with Crippen LogP contribution in [-0.4, -0.2) is 50.1 Å². The van der Waals surface area contributed by atoms with Gasteiger partial charge < -0.3 is 15.0 Å². The summed E-state index contributed by atoms with van der Waals surface area (Å²) in [5, 5.41) is 11.8. The van der Waals surface area contributed by atoms with Gasteiger partial charge in [-0.1, -0.05) is 6.92 Å². The van der Waals surface area contributed by atoms with Crippen molar-refractivity contribution in [3.05, 3.63) is 47.2 Å². The van der Waals surface area contributed by atoms with Gasteiger partial charge in [0, 0.05) is 68.2 Å². The molecule has 0 atom stereocenters. The average Bonchev–Trinajstić information content (AvgIpc) is 3.48. The van der Waals surface area contributed by atoms with Gasteiger partial charge in [0.15, 0.2) is 5.82 Å². The molecule has 11 heteroatoms. The second-order valence-corrected chi connectivity index (χ2v) is 9.23. The molecular formula is C25H29F3N6O2. The van der Waals surface area contributed by atoms with Crippen molar-refractivity contribution in [3.8, 4) is 11.1 Å². The third-order valence-electron chi connectivity index (χ3n) is 6.92. The molecule has 36 heavy (non-hydrogen) atoms. The molecule has 1 amide bonds. The SMILES string of the molecule is CCC(=O)N1CCc2c(c(Nc3cc(C(F)F)c(-c4cnn(C)c4)cc3F)nn2C2CCOCC2)C1. The van der Waals surface area contributed by atoms with Crippen molar-refractivity contribution in [3.63, 3.8) is 0 Å². The molecule has 2 aliphatic rings. The van der Waals surface area contributed by atoms with Gasteiger partial charge in [0.2, 0.25) is 5.91 Å². The molecule has 1 aromatic carbocycles. The number of nitrogens with zero attached hydrogens (tertiary/aromatic N) is 5. The molecule has 2 aromatic heterocycles. The van der Waals surface area contributed by atoms with Gasteiger partial charge in [-0.3, -0.25) is 14.2 Å². The van der Waals surface area contributed by atoms with E-state index < -0.39 is 12.2 Å². The number of carbonyl (C=O) groups is 1. The summed E-state index contributed by atoms with van der Waals surface area (Å²) < 4.78 is 52.2. The predicted octanol–water partition coefficient (Wildman–Crippen LogP) is 4.75.